The molecule has 0 heterocycles. The van der Waals surface area contributed by atoms with E-state index in [1.54, 1.807) is 0 Å². The maximum Gasteiger partial charge on any atom is 0.0143 e. The van der Waals surface area contributed by atoms with Crippen molar-refractivity contribution >= 4 is 0 Å². The van der Waals surface area contributed by atoms with Gasteiger partial charge in [-0.15, -0.1) is 0 Å². The first-order valence-electron chi connectivity index (χ1n) is 6.05. The van der Waals surface area contributed by atoms with Crippen LogP contribution in [-0.2, 0) is 5.41 Å². The Balaban J connectivity index is 2.30. The van der Waals surface area contributed by atoms with Crippen LogP contribution in [0.3, 0.4) is 0 Å². The molecule has 1 aliphatic carbocycles. The smallest absolute Gasteiger partial charge is 0.0143 e. The van der Waals surface area contributed by atoms with Gasteiger partial charge in [0.2, 0.25) is 0 Å². The van der Waals surface area contributed by atoms with Crippen LogP contribution in [-0.4, -0.2) is 0 Å². The highest BCUT2D eigenvalue weighted by atomic mass is 14.3. The maximum absolute atomic E-state index is 2.39. The minimum absolute atomic E-state index is 0.123. The molecule has 0 aromatic heterocycles. The maximum atomic E-state index is 2.39. The van der Waals surface area contributed by atoms with Crippen LogP contribution in [0.4, 0.5) is 0 Å². The molecule has 0 amide bonds. The van der Waals surface area contributed by atoms with Crippen LogP contribution in [0, 0.1) is 5.92 Å². The largest absolute Gasteiger partial charge is 0.0811 e. The molecule has 0 spiro atoms. The zero-order valence-electron chi connectivity index (χ0n) is 10.4. The molecular weight excluding hydrogens is 192 g/mol. The molecule has 0 N–H and O–H groups in total. The summed E-state index contributed by atoms with van der Waals surface area (Å²) in [5.74, 6) is 0.690. The van der Waals surface area contributed by atoms with Gasteiger partial charge in [-0.05, 0) is 23.5 Å². The molecule has 1 aliphatic rings. The third-order valence-corrected chi connectivity index (χ3v) is 3.53. The molecule has 0 saturated heterocycles. The summed E-state index contributed by atoms with van der Waals surface area (Å²) in [4.78, 5) is 0. The van der Waals surface area contributed by atoms with Gasteiger partial charge in [0, 0.05) is 5.41 Å². The van der Waals surface area contributed by atoms with E-state index in [-0.39, 0.29) is 5.41 Å². The van der Waals surface area contributed by atoms with Crippen molar-refractivity contribution in [3.05, 3.63) is 59.7 Å². The standard InChI is InChI=1S/C16H20/c1-13-9-11-15(12-10-13)16(2,3)14-7-5-4-6-8-14/h4-9,11-13H,10H2,1-3H3. The lowest BCUT2D eigenvalue weighted by Gasteiger charge is -2.29. The van der Waals surface area contributed by atoms with Crippen molar-refractivity contribution < 1.29 is 0 Å². The highest BCUT2D eigenvalue weighted by Gasteiger charge is 2.24. The topological polar surface area (TPSA) is 0 Å². The van der Waals surface area contributed by atoms with Crippen LogP contribution in [0.25, 0.3) is 0 Å². The van der Waals surface area contributed by atoms with E-state index in [1.807, 2.05) is 0 Å². The summed E-state index contributed by atoms with van der Waals surface area (Å²) < 4.78 is 0. The molecule has 1 unspecified atom stereocenters. The SMILES string of the molecule is CC1C=CC(C(C)(C)c2ccccc2)=CC1. The molecule has 0 fully saturated rings. The van der Waals surface area contributed by atoms with E-state index in [4.69, 9.17) is 0 Å². The zero-order chi connectivity index (χ0) is 11.6. The molecule has 16 heavy (non-hydrogen) atoms. The second kappa shape index (κ2) is 4.29. The fraction of sp³-hybridized carbons (Fsp3) is 0.375. The van der Waals surface area contributed by atoms with Crippen LogP contribution in [0.1, 0.15) is 32.8 Å². The van der Waals surface area contributed by atoms with Gasteiger partial charge in [0.15, 0.2) is 0 Å². The molecule has 84 valence electrons. The van der Waals surface area contributed by atoms with E-state index in [0.29, 0.717) is 5.92 Å². The predicted octanol–water partition coefficient (Wildman–Crippen LogP) is 4.49. The Morgan fingerprint density at radius 2 is 1.81 bits per heavy atom. The van der Waals surface area contributed by atoms with Gasteiger partial charge in [-0.25, -0.2) is 0 Å². The lowest BCUT2D eigenvalue weighted by molar-refractivity contribution is 0.616. The Hall–Kier alpha value is -1.30. The highest BCUT2D eigenvalue weighted by molar-refractivity contribution is 5.41. The zero-order valence-corrected chi connectivity index (χ0v) is 10.4. The van der Waals surface area contributed by atoms with Crippen molar-refractivity contribution in [1.29, 1.82) is 0 Å². The molecule has 1 aromatic carbocycles. The summed E-state index contributed by atoms with van der Waals surface area (Å²) in [6.07, 6.45) is 8.17. The summed E-state index contributed by atoms with van der Waals surface area (Å²) in [5, 5.41) is 0. The first kappa shape index (κ1) is 11.2. The molecule has 0 bridgehead atoms. The van der Waals surface area contributed by atoms with Crippen molar-refractivity contribution in [1.82, 2.24) is 0 Å². The van der Waals surface area contributed by atoms with Crippen LogP contribution < -0.4 is 0 Å². The van der Waals surface area contributed by atoms with Crippen LogP contribution in [0.5, 0.6) is 0 Å². The van der Waals surface area contributed by atoms with E-state index in [1.165, 1.54) is 17.6 Å². The van der Waals surface area contributed by atoms with E-state index >= 15 is 0 Å². The lowest BCUT2D eigenvalue weighted by atomic mass is 9.75. The highest BCUT2D eigenvalue weighted by Crippen LogP contribution is 2.34. The van der Waals surface area contributed by atoms with E-state index in [0.717, 1.165) is 0 Å². The molecule has 1 aromatic rings. The van der Waals surface area contributed by atoms with Crippen LogP contribution in [0.15, 0.2) is 54.1 Å². The van der Waals surface area contributed by atoms with Crippen molar-refractivity contribution in [3.63, 3.8) is 0 Å². The van der Waals surface area contributed by atoms with Gasteiger partial charge in [0.25, 0.3) is 0 Å². The first-order valence-corrected chi connectivity index (χ1v) is 6.05. The van der Waals surface area contributed by atoms with E-state index in [2.05, 4.69) is 69.3 Å². The van der Waals surface area contributed by atoms with E-state index < -0.39 is 0 Å². The summed E-state index contributed by atoms with van der Waals surface area (Å²) >= 11 is 0. The molecule has 1 atom stereocenters. The van der Waals surface area contributed by atoms with Crippen LogP contribution in [0.2, 0.25) is 0 Å². The summed E-state index contributed by atoms with van der Waals surface area (Å²) in [7, 11) is 0. The molecule has 0 aliphatic heterocycles. The van der Waals surface area contributed by atoms with Crippen molar-refractivity contribution in [2.45, 2.75) is 32.6 Å². The average molecular weight is 212 g/mol. The van der Waals surface area contributed by atoms with Crippen molar-refractivity contribution in [2.24, 2.45) is 5.92 Å². The first-order chi connectivity index (χ1) is 7.60. The number of rotatable bonds is 2. The number of allylic oxidation sites excluding steroid dienone is 4. The number of hydrogen-bond donors (Lipinski definition) is 0. The number of benzene rings is 1. The fourth-order valence-electron chi connectivity index (χ4n) is 2.21. The quantitative estimate of drug-likeness (QED) is 0.677. The van der Waals surface area contributed by atoms with Gasteiger partial charge in [-0.2, -0.15) is 0 Å². The Kier molecular flexibility index (Phi) is 3.00. The summed E-state index contributed by atoms with van der Waals surface area (Å²) in [5.41, 5.74) is 2.95. The second-order valence-electron chi connectivity index (χ2n) is 5.22. The normalized spacial score (nSPS) is 20.7. The fourth-order valence-corrected chi connectivity index (χ4v) is 2.21. The summed E-state index contributed by atoms with van der Waals surface area (Å²) in [6.45, 7) is 6.86. The van der Waals surface area contributed by atoms with E-state index in [9.17, 15) is 0 Å². The minimum atomic E-state index is 0.123. The molecule has 0 radical (unpaired) electrons. The Labute approximate surface area is 98.7 Å². The third-order valence-electron chi connectivity index (χ3n) is 3.53. The minimum Gasteiger partial charge on any atom is -0.0811 e. The molecular formula is C16H20. The molecule has 0 saturated carbocycles. The molecule has 2 rings (SSSR count). The van der Waals surface area contributed by atoms with Crippen molar-refractivity contribution in [2.75, 3.05) is 0 Å². The number of hydrogen-bond acceptors (Lipinski definition) is 0. The van der Waals surface area contributed by atoms with Gasteiger partial charge >= 0.3 is 0 Å². The average Bonchev–Trinajstić information content (AvgIpc) is 2.31. The molecule has 0 nitrogen and oxygen atoms in total. The van der Waals surface area contributed by atoms with Gasteiger partial charge in [-0.3, -0.25) is 0 Å². The van der Waals surface area contributed by atoms with Gasteiger partial charge in [-0.1, -0.05) is 69.3 Å². The van der Waals surface area contributed by atoms with Gasteiger partial charge in [0.1, 0.15) is 0 Å². The Morgan fingerprint density at radius 1 is 1.12 bits per heavy atom. The third kappa shape index (κ3) is 2.11. The molecule has 0 heteroatoms. The Bertz CT molecular complexity index is 407. The summed E-state index contributed by atoms with van der Waals surface area (Å²) in [6, 6.07) is 10.7. The van der Waals surface area contributed by atoms with Crippen molar-refractivity contribution in [3.8, 4) is 0 Å². The second-order valence-corrected chi connectivity index (χ2v) is 5.22. The van der Waals surface area contributed by atoms with Gasteiger partial charge < -0.3 is 0 Å². The Morgan fingerprint density at radius 3 is 2.38 bits per heavy atom. The monoisotopic (exact) mass is 212 g/mol. The lowest BCUT2D eigenvalue weighted by Crippen LogP contribution is -2.20. The van der Waals surface area contributed by atoms with Crippen LogP contribution >= 0.6 is 0 Å². The predicted molar refractivity (Wildman–Crippen MR) is 70.5 cm³/mol. The van der Waals surface area contributed by atoms with Gasteiger partial charge in [0.05, 0.1) is 0 Å².